The van der Waals surface area contributed by atoms with Gasteiger partial charge < -0.3 is 10.3 Å². The molecule has 0 spiro atoms. The van der Waals surface area contributed by atoms with Crippen molar-refractivity contribution in [1.82, 2.24) is 29.8 Å². The lowest BCUT2D eigenvalue weighted by Gasteiger charge is -2.17. The average Bonchev–Trinajstić information content (AvgIpc) is 3.59. The van der Waals surface area contributed by atoms with Crippen molar-refractivity contribution in [3.63, 3.8) is 0 Å². The number of aromatic nitrogens is 6. The molecule has 2 aliphatic heterocycles. The van der Waals surface area contributed by atoms with E-state index >= 15 is 0 Å². The molecule has 0 radical (unpaired) electrons. The molecule has 2 N–H and O–H groups in total. The third-order valence-electron chi connectivity index (χ3n) is 6.43. The number of nitrogen functional groups attached to an aromatic ring is 1. The molecule has 0 amide bonds. The van der Waals surface area contributed by atoms with Crippen LogP contribution in [-0.4, -0.2) is 35.5 Å². The highest BCUT2D eigenvalue weighted by atomic mass is 35.5. The molecule has 5 heterocycles. The normalized spacial score (nSPS) is 17.0. The van der Waals surface area contributed by atoms with Crippen LogP contribution in [0.5, 0.6) is 0 Å². The maximum Gasteiger partial charge on any atom is 0.251 e. The minimum Gasteiger partial charge on any atom is -0.384 e. The Balaban J connectivity index is 1.35. The fourth-order valence-corrected chi connectivity index (χ4v) is 5.01. The van der Waals surface area contributed by atoms with Gasteiger partial charge in [-0.15, -0.1) is 5.10 Å². The van der Waals surface area contributed by atoms with E-state index in [4.69, 9.17) is 17.3 Å². The number of hydrogen-bond donors (Lipinski definition) is 1. The summed E-state index contributed by atoms with van der Waals surface area (Å²) >= 11 is 6.25. The SMILES string of the molecule is Nc1ccc(C2=C(F)N=C([C@@H]3CCc4cc(-c5cc(Cl)ccc5-n5cnnn5)cc(=O)n43)C2)c(F)n1. The maximum absolute atomic E-state index is 14.8. The van der Waals surface area contributed by atoms with E-state index in [9.17, 15) is 13.6 Å². The second-order valence-corrected chi connectivity index (χ2v) is 8.97. The van der Waals surface area contributed by atoms with Gasteiger partial charge in [-0.2, -0.15) is 13.5 Å². The monoisotopic (exact) mass is 506 g/mol. The van der Waals surface area contributed by atoms with Crippen LogP contribution in [0.1, 0.15) is 30.1 Å². The van der Waals surface area contributed by atoms with Gasteiger partial charge in [0.25, 0.3) is 5.56 Å². The van der Waals surface area contributed by atoms with E-state index in [-0.39, 0.29) is 28.9 Å². The van der Waals surface area contributed by atoms with Gasteiger partial charge in [0.1, 0.15) is 12.1 Å². The highest BCUT2D eigenvalue weighted by Gasteiger charge is 2.33. The van der Waals surface area contributed by atoms with Gasteiger partial charge in [-0.25, -0.2) is 9.98 Å². The summed E-state index contributed by atoms with van der Waals surface area (Å²) in [5, 5.41) is 11.8. The molecule has 0 saturated carbocycles. The minimum absolute atomic E-state index is 0.00594. The summed E-state index contributed by atoms with van der Waals surface area (Å²) in [6, 6.07) is 11.0. The van der Waals surface area contributed by atoms with Gasteiger partial charge in [0, 0.05) is 45.6 Å². The number of halogens is 3. The van der Waals surface area contributed by atoms with Crippen molar-refractivity contribution in [3.8, 4) is 16.8 Å². The quantitative estimate of drug-likeness (QED) is 0.331. The zero-order chi connectivity index (χ0) is 25.0. The first-order valence-corrected chi connectivity index (χ1v) is 11.4. The number of fused-ring (bicyclic) bond motifs is 1. The molecule has 36 heavy (non-hydrogen) atoms. The van der Waals surface area contributed by atoms with Gasteiger partial charge in [0.15, 0.2) is 0 Å². The fourth-order valence-electron chi connectivity index (χ4n) is 4.84. The lowest BCUT2D eigenvalue weighted by Crippen LogP contribution is -2.27. The van der Waals surface area contributed by atoms with Crippen LogP contribution in [0, 0.1) is 5.95 Å². The second kappa shape index (κ2) is 8.45. The van der Waals surface area contributed by atoms with E-state index in [1.54, 1.807) is 22.8 Å². The predicted octanol–water partition coefficient (Wildman–Crippen LogP) is 3.93. The van der Waals surface area contributed by atoms with Crippen LogP contribution in [0.15, 0.2) is 64.5 Å². The Morgan fingerprint density at radius 2 is 1.94 bits per heavy atom. The summed E-state index contributed by atoms with van der Waals surface area (Å²) in [5.41, 5.74) is 8.62. The number of aryl methyl sites for hydroxylation is 1. The van der Waals surface area contributed by atoms with Gasteiger partial charge in [0.2, 0.25) is 11.9 Å². The van der Waals surface area contributed by atoms with Crippen molar-refractivity contribution >= 4 is 28.7 Å². The van der Waals surface area contributed by atoms with Crippen LogP contribution in [0.2, 0.25) is 5.02 Å². The maximum atomic E-state index is 14.8. The third-order valence-corrected chi connectivity index (χ3v) is 6.66. The number of rotatable bonds is 4. The molecule has 4 aromatic rings. The van der Waals surface area contributed by atoms with Gasteiger partial charge in [0.05, 0.1) is 11.7 Å². The number of hydrogen-bond acceptors (Lipinski definition) is 7. The third kappa shape index (κ3) is 3.68. The molecule has 1 aromatic carbocycles. The summed E-state index contributed by atoms with van der Waals surface area (Å²) in [5.74, 6) is -1.63. The Kier molecular flexibility index (Phi) is 5.22. The molecule has 0 saturated heterocycles. The number of allylic oxidation sites excluding steroid dienone is 1. The summed E-state index contributed by atoms with van der Waals surface area (Å²) in [4.78, 5) is 21.0. The van der Waals surface area contributed by atoms with Crippen LogP contribution in [0.3, 0.4) is 0 Å². The highest BCUT2D eigenvalue weighted by molar-refractivity contribution is 6.31. The smallest absolute Gasteiger partial charge is 0.251 e. The fraction of sp³-hybridized carbons (Fsp3) is 0.167. The van der Waals surface area contributed by atoms with E-state index in [0.717, 1.165) is 5.69 Å². The van der Waals surface area contributed by atoms with E-state index in [1.807, 2.05) is 6.07 Å². The second-order valence-electron chi connectivity index (χ2n) is 8.54. The Morgan fingerprint density at radius 1 is 1.08 bits per heavy atom. The summed E-state index contributed by atoms with van der Waals surface area (Å²) in [6.07, 6.45) is 2.68. The van der Waals surface area contributed by atoms with Crippen molar-refractivity contribution < 1.29 is 8.78 Å². The Morgan fingerprint density at radius 3 is 2.72 bits per heavy atom. The lowest BCUT2D eigenvalue weighted by atomic mass is 9.99. The van der Waals surface area contributed by atoms with E-state index in [2.05, 4.69) is 25.5 Å². The van der Waals surface area contributed by atoms with E-state index in [1.165, 1.54) is 29.2 Å². The molecule has 0 fully saturated rings. The summed E-state index contributed by atoms with van der Waals surface area (Å²) in [7, 11) is 0. The van der Waals surface area contributed by atoms with E-state index < -0.39 is 17.9 Å². The van der Waals surface area contributed by atoms with E-state index in [0.29, 0.717) is 40.4 Å². The molecule has 0 unspecified atom stereocenters. The summed E-state index contributed by atoms with van der Waals surface area (Å²) in [6.45, 7) is 0. The van der Waals surface area contributed by atoms with Crippen LogP contribution in [0.25, 0.3) is 22.4 Å². The van der Waals surface area contributed by atoms with Crippen molar-refractivity contribution in [3.05, 3.63) is 87.3 Å². The molecule has 0 bridgehead atoms. The first-order chi connectivity index (χ1) is 17.4. The van der Waals surface area contributed by atoms with Gasteiger partial charge in [-0.3, -0.25) is 4.79 Å². The highest BCUT2D eigenvalue weighted by Crippen LogP contribution is 2.38. The molecule has 6 rings (SSSR count). The molecule has 3 aromatic heterocycles. The Hall–Kier alpha value is -4.25. The lowest BCUT2D eigenvalue weighted by molar-refractivity contribution is 0.578. The largest absolute Gasteiger partial charge is 0.384 e. The van der Waals surface area contributed by atoms with Crippen LogP contribution in [0.4, 0.5) is 14.6 Å². The van der Waals surface area contributed by atoms with Gasteiger partial charge >= 0.3 is 0 Å². The number of pyridine rings is 2. The molecular weight excluding hydrogens is 490 g/mol. The zero-order valence-electron chi connectivity index (χ0n) is 18.6. The summed E-state index contributed by atoms with van der Waals surface area (Å²) < 4.78 is 32.2. The number of nitrogens with two attached hydrogens (primary N) is 1. The van der Waals surface area contributed by atoms with Gasteiger partial charge in [-0.1, -0.05) is 11.6 Å². The number of tetrazole rings is 1. The molecule has 0 aliphatic carbocycles. The first-order valence-electron chi connectivity index (χ1n) is 11.1. The van der Waals surface area contributed by atoms with Crippen LogP contribution >= 0.6 is 11.6 Å². The van der Waals surface area contributed by atoms with Gasteiger partial charge in [-0.05, 0) is 65.2 Å². The molecule has 12 heteroatoms. The average molecular weight is 507 g/mol. The molecule has 9 nitrogen and oxygen atoms in total. The molecule has 180 valence electrons. The molecule has 2 aliphatic rings. The van der Waals surface area contributed by atoms with Crippen molar-refractivity contribution in [1.29, 1.82) is 0 Å². The zero-order valence-corrected chi connectivity index (χ0v) is 19.3. The Bertz CT molecular complexity index is 1640. The van der Waals surface area contributed by atoms with Crippen LogP contribution in [-0.2, 0) is 6.42 Å². The minimum atomic E-state index is -0.856. The number of anilines is 1. The number of aliphatic imine (C=N–C) groups is 1. The van der Waals surface area contributed by atoms with Crippen molar-refractivity contribution in [2.75, 3.05) is 5.73 Å². The van der Waals surface area contributed by atoms with Crippen molar-refractivity contribution in [2.45, 2.75) is 25.3 Å². The predicted molar refractivity (Wildman–Crippen MR) is 130 cm³/mol. The Labute approximate surface area is 207 Å². The van der Waals surface area contributed by atoms with Crippen molar-refractivity contribution in [2.24, 2.45) is 4.99 Å². The number of benzene rings is 1. The van der Waals surface area contributed by atoms with Crippen LogP contribution < -0.4 is 11.3 Å². The first kappa shape index (κ1) is 22.2. The number of nitrogens with zero attached hydrogens (tertiary/aromatic N) is 7. The molecular formula is C24H17ClF2N8O. The standard InChI is InChI=1S/C24H17ClF2N8O/c25-13-1-4-19(34-11-29-32-33-34)16(9-13)12-7-14-2-5-20(35(14)22(36)8-12)18-10-17(24(27)30-18)15-3-6-21(28)31-23(15)26/h1,3-4,6-9,11,20H,2,5,10H2,(H2,28,31)/t20-/m0/s1. The topological polar surface area (TPSA) is 117 Å². The molecule has 1 atom stereocenters.